The number of carbonyl (C=O) groups excluding carboxylic acids is 1. The average Bonchev–Trinajstić information content (AvgIpc) is 2.73. The van der Waals surface area contributed by atoms with Gasteiger partial charge in [0.05, 0.1) is 6.10 Å². The minimum atomic E-state index is -0.365. The number of hydrogen-bond acceptors (Lipinski definition) is 3. The lowest BCUT2D eigenvalue weighted by Gasteiger charge is -2.14. The van der Waals surface area contributed by atoms with Crippen molar-refractivity contribution in [3.8, 4) is 0 Å². The molecule has 0 aliphatic carbocycles. The number of benzene rings is 1. The van der Waals surface area contributed by atoms with Crippen molar-refractivity contribution in [1.82, 2.24) is 4.90 Å². The molecular weight excluding hydrogens is 235 g/mol. The molecule has 4 nitrogen and oxygen atoms in total. The number of nitrogens with one attached hydrogen (secondary N) is 1. The van der Waals surface area contributed by atoms with E-state index in [1.54, 1.807) is 12.1 Å². The fraction of sp³-hybridized carbons (Fsp3) is 0.462. The molecule has 0 aromatic heterocycles. The molecule has 0 radical (unpaired) electrons. The Hall–Kier alpha value is -1.46. The molecule has 1 unspecified atom stereocenters. The number of aliphatic hydroxyl groups excluding tert-OH is 1. The standard InChI is InChI=1S/C13H17FN2O2/c14-10-2-1-3-11(8-10)15-13(18)5-7-16-6-4-12(17)9-16/h1-3,8,12,17H,4-7,9H2,(H,15,18). The van der Waals surface area contributed by atoms with E-state index in [0.717, 1.165) is 13.0 Å². The van der Waals surface area contributed by atoms with Gasteiger partial charge in [0, 0.05) is 31.7 Å². The van der Waals surface area contributed by atoms with E-state index in [1.165, 1.54) is 12.1 Å². The highest BCUT2D eigenvalue weighted by atomic mass is 19.1. The van der Waals surface area contributed by atoms with E-state index in [9.17, 15) is 14.3 Å². The Morgan fingerprint density at radius 2 is 2.39 bits per heavy atom. The normalized spacial score (nSPS) is 20.0. The summed E-state index contributed by atoms with van der Waals surface area (Å²) < 4.78 is 12.9. The zero-order chi connectivity index (χ0) is 13.0. The number of amides is 1. The molecule has 2 rings (SSSR count). The molecule has 1 aliphatic heterocycles. The molecule has 1 aliphatic rings. The fourth-order valence-corrected chi connectivity index (χ4v) is 2.06. The van der Waals surface area contributed by atoms with Gasteiger partial charge in [0.1, 0.15) is 5.82 Å². The predicted octanol–water partition coefficient (Wildman–Crippen LogP) is 1.22. The maximum atomic E-state index is 12.9. The first-order valence-corrected chi connectivity index (χ1v) is 6.09. The third kappa shape index (κ3) is 3.78. The summed E-state index contributed by atoms with van der Waals surface area (Å²) in [7, 11) is 0. The van der Waals surface area contributed by atoms with E-state index >= 15 is 0 Å². The molecule has 1 atom stereocenters. The first kappa shape index (κ1) is 13.0. The Labute approximate surface area is 105 Å². The highest BCUT2D eigenvalue weighted by molar-refractivity contribution is 5.90. The maximum Gasteiger partial charge on any atom is 0.225 e. The van der Waals surface area contributed by atoms with Gasteiger partial charge in [-0.1, -0.05) is 6.07 Å². The molecule has 2 N–H and O–H groups in total. The van der Waals surface area contributed by atoms with Gasteiger partial charge >= 0.3 is 0 Å². The van der Waals surface area contributed by atoms with Crippen LogP contribution in [0.4, 0.5) is 10.1 Å². The summed E-state index contributed by atoms with van der Waals surface area (Å²) in [5.74, 6) is -0.502. The van der Waals surface area contributed by atoms with E-state index in [0.29, 0.717) is 25.2 Å². The van der Waals surface area contributed by atoms with E-state index < -0.39 is 0 Å². The van der Waals surface area contributed by atoms with Gasteiger partial charge in [-0.15, -0.1) is 0 Å². The van der Waals surface area contributed by atoms with Gasteiger partial charge in [-0.05, 0) is 24.6 Å². The minimum Gasteiger partial charge on any atom is -0.392 e. The summed E-state index contributed by atoms with van der Waals surface area (Å²) in [5.41, 5.74) is 0.474. The third-order valence-corrected chi connectivity index (χ3v) is 3.01. The molecular formula is C13H17FN2O2. The molecule has 1 heterocycles. The van der Waals surface area contributed by atoms with Crippen molar-refractivity contribution in [3.05, 3.63) is 30.1 Å². The van der Waals surface area contributed by atoms with Crippen molar-refractivity contribution in [2.75, 3.05) is 25.0 Å². The van der Waals surface area contributed by atoms with E-state index in [1.807, 2.05) is 0 Å². The highest BCUT2D eigenvalue weighted by Crippen LogP contribution is 2.11. The lowest BCUT2D eigenvalue weighted by atomic mass is 10.3. The summed E-state index contributed by atoms with van der Waals surface area (Å²) in [5, 5.41) is 12.0. The lowest BCUT2D eigenvalue weighted by Crippen LogP contribution is -2.26. The van der Waals surface area contributed by atoms with Gasteiger partial charge in [-0.3, -0.25) is 4.79 Å². The van der Waals surface area contributed by atoms with Crippen LogP contribution >= 0.6 is 0 Å². The van der Waals surface area contributed by atoms with Crippen LogP contribution < -0.4 is 5.32 Å². The molecule has 1 aromatic carbocycles. The number of aliphatic hydroxyl groups is 1. The Bertz CT molecular complexity index is 425. The van der Waals surface area contributed by atoms with Crippen molar-refractivity contribution in [2.45, 2.75) is 18.9 Å². The largest absolute Gasteiger partial charge is 0.392 e. The van der Waals surface area contributed by atoms with Gasteiger partial charge in [-0.2, -0.15) is 0 Å². The second kappa shape index (κ2) is 5.93. The molecule has 98 valence electrons. The number of hydrogen-bond donors (Lipinski definition) is 2. The number of β-amino-alcohol motifs (C(OH)–C–C–N with tert-alkyl or cyclic N) is 1. The van der Waals surface area contributed by atoms with Crippen molar-refractivity contribution in [1.29, 1.82) is 0 Å². The monoisotopic (exact) mass is 252 g/mol. The summed E-state index contributed by atoms with van der Waals surface area (Å²) in [6, 6.07) is 5.83. The minimum absolute atomic E-state index is 0.137. The van der Waals surface area contributed by atoms with Crippen LogP contribution in [0.25, 0.3) is 0 Å². The van der Waals surface area contributed by atoms with Crippen LogP contribution in [0.2, 0.25) is 0 Å². The molecule has 0 bridgehead atoms. The number of halogens is 1. The predicted molar refractivity (Wildman–Crippen MR) is 66.7 cm³/mol. The van der Waals surface area contributed by atoms with Crippen LogP contribution in [0.1, 0.15) is 12.8 Å². The van der Waals surface area contributed by atoms with Gasteiger partial charge in [0.2, 0.25) is 5.91 Å². The third-order valence-electron chi connectivity index (χ3n) is 3.01. The zero-order valence-corrected chi connectivity index (χ0v) is 10.1. The number of nitrogens with zero attached hydrogens (tertiary/aromatic N) is 1. The molecule has 0 saturated carbocycles. The van der Waals surface area contributed by atoms with Crippen molar-refractivity contribution >= 4 is 11.6 Å². The van der Waals surface area contributed by atoms with Crippen LogP contribution in [0.15, 0.2) is 24.3 Å². The van der Waals surface area contributed by atoms with Crippen LogP contribution in [0, 0.1) is 5.82 Å². The van der Waals surface area contributed by atoms with Crippen LogP contribution in [-0.2, 0) is 4.79 Å². The van der Waals surface area contributed by atoms with E-state index in [4.69, 9.17) is 0 Å². The molecule has 18 heavy (non-hydrogen) atoms. The lowest BCUT2D eigenvalue weighted by molar-refractivity contribution is -0.116. The van der Waals surface area contributed by atoms with E-state index in [-0.39, 0.29) is 17.8 Å². The number of anilines is 1. The fourth-order valence-electron chi connectivity index (χ4n) is 2.06. The quantitative estimate of drug-likeness (QED) is 0.847. The molecule has 1 amide bonds. The first-order chi connectivity index (χ1) is 8.63. The first-order valence-electron chi connectivity index (χ1n) is 6.09. The van der Waals surface area contributed by atoms with Gasteiger partial charge in [0.25, 0.3) is 0 Å². The van der Waals surface area contributed by atoms with Crippen LogP contribution in [0.5, 0.6) is 0 Å². The Morgan fingerprint density at radius 1 is 1.56 bits per heavy atom. The highest BCUT2D eigenvalue weighted by Gasteiger charge is 2.20. The number of rotatable bonds is 4. The summed E-state index contributed by atoms with van der Waals surface area (Å²) in [6.45, 7) is 2.08. The topological polar surface area (TPSA) is 52.6 Å². The van der Waals surface area contributed by atoms with Crippen molar-refractivity contribution in [3.63, 3.8) is 0 Å². The average molecular weight is 252 g/mol. The second-order valence-electron chi connectivity index (χ2n) is 4.55. The summed E-state index contributed by atoms with van der Waals surface area (Å²) in [6.07, 6.45) is 0.852. The van der Waals surface area contributed by atoms with Crippen LogP contribution in [-0.4, -0.2) is 41.7 Å². The van der Waals surface area contributed by atoms with Crippen molar-refractivity contribution < 1.29 is 14.3 Å². The van der Waals surface area contributed by atoms with Crippen LogP contribution in [0.3, 0.4) is 0 Å². The zero-order valence-electron chi connectivity index (χ0n) is 10.1. The van der Waals surface area contributed by atoms with Gasteiger partial charge in [0.15, 0.2) is 0 Å². The molecule has 0 spiro atoms. The molecule has 1 saturated heterocycles. The SMILES string of the molecule is O=C(CCN1CCC(O)C1)Nc1cccc(F)c1. The molecule has 5 heteroatoms. The number of carbonyl (C=O) groups is 1. The smallest absolute Gasteiger partial charge is 0.225 e. The maximum absolute atomic E-state index is 12.9. The van der Waals surface area contributed by atoms with Crippen molar-refractivity contribution in [2.24, 2.45) is 0 Å². The molecule has 1 fully saturated rings. The second-order valence-corrected chi connectivity index (χ2v) is 4.55. The Kier molecular flexibility index (Phi) is 4.28. The Morgan fingerprint density at radius 3 is 3.06 bits per heavy atom. The summed E-state index contributed by atoms with van der Waals surface area (Å²) >= 11 is 0. The van der Waals surface area contributed by atoms with Gasteiger partial charge < -0.3 is 15.3 Å². The number of likely N-dealkylation sites (tertiary alicyclic amines) is 1. The summed E-state index contributed by atoms with van der Waals surface area (Å²) in [4.78, 5) is 13.7. The Balaban J connectivity index is 1.75. The van der Waals surface area contributed by atoms with Gasteiger partial charge in [-0.25, -0.2) is 4.39 Å². The molecule has 1 aromatic rings. The van der Waals surface area contributed by atoms with E-state index in [2.05, 4.69) is 10.2 Å².